The molecule has 0 bridgehead atoms. The number of aromatic nitrogens is 2. The Hall–Kier alpha value is -1.46. The van der Waals surface area contributed by atoms with Crippen molar-refractivity contribution in [3.63, 3.8) is 0 Å². The van der Waals surface area contributed by atoms with Crippen LogP contribution in [0.15, 0.2) is 41.4 Å². The summed E-state index contributed by atoms with van der Waals surface area (Å²) in [6.45, 7) is 0. The molecule has 0 aliphatic rings. The fourth-order valence-electron chi connectivity index (χ4n) is 1.59. The molecule has 1 atom stereocenters. The Balaban J connectivity index is 2.40. The standard InChI is InChI=1S/C12H12BrN3O/c1-17-11-4-9(13)2-3-10(11)12(14)8-5-15-7-16-6-8/h2-7,12H,14H2,1H3. The second-order valence-corrected chi connectivity index (χ2v) is 4.45. The number of benzene rings is 1. The van der Waals surface area contributed by atoms with Gasteiger partial charge in [-0.15, -0.1) is 0 Å². The number of hydrogen-bond acceptors (Lipinski definition) is 4. The van der Waals surface area contributed by atoms with Crippen LogP contribution < -0.4 is 10.5 Å². The number of hydrogen-bond donors (Lipinski definition) is 1. The predicted octanol–water partition coefficient (Wildman–Crippen LogP) is 2.30. The fourth-order valence-corrected chi connectivity index (χ4v) is 1.93. The monoisotopic (exact) mass is 293 g/mol. The third-order valence-electron chi connectivity index (χ3n) is 2.47. The topological polar surface area (TPSA) is 61.0 Å². The Morgan fingerprint density at radius 2 is 2.00 bits per heavy atom. The number of methoxy groups -OCH3 is 1. The maximum Gasteiger partial charge on any atom is 0.125 e. The van der Waals surface area contributed by atoms with Crippen molar-refractivity contribution in [3.8, 4) is 5.75 Å². The van der Waals surface area contributed by atoms with E-state index in [1.54, 1.807) is 19.5 Å². The SMILES string of the molecule is COc1cc(Br)ccc1C(N)c1cncnc1. The predicted molar refractivity (Wildman–Crippen MR) is 68.8 cm³/mol. The highest BCUT2D eigenvalue weighted by atomic mass is 79.9. The van der Waals surface area contributed by atoms with Crippen molar-refractivity contribution < 1.29 is 4.74 Å². The number of rotatable bonds is 3. The molecule has 4 nitrogen and oxygen atoms in total. The number of nitrogens with zero attached hydrogens (tertiary/aromatic N) is 2. The molecule has 0 saturated carbocycles. The highest BCUT2D eigenvalue weighted by Crippen LogP contribution is 2.30. The van der Waals surface area contributed by atoms with E-state index < -0.39 is 0 Å². The van der Waals surface area contributed by atoms with Crippen molar-refractivity contribution in [1.82, 2.24) is 9.97 Å². The largest absolute Gasteiger partial charge is 0.496 e. The Kier molecular flexibility index (Phi) is 3.71. The molecule has 1 aromatic heterocycles. The van der Waals surface area contributed by atoms with Crippen LogP contribution in [0.2, 0.25) is 0 Å². The molecule has 2 rings (SSSR count). The molecule has 2 N–H and O–H groups in total. The van der Waals surface area contributed by atoms with Crippen molar-refractivity contribution >= 4 is 15.9 Å². The van der Waals surface area contributed by atoms with E-state index in [0.717, 1.165) is 21.3 Å². The van der Waals surface area contributed by atoms with Crippen LogP contribution >= 0.6 is 15.9 Å². The quantitative estimate of drug-likeness (QED) is 0.943. The number of ether oxygens (including phenoxy) is 1. The maximum absolute atomic E-state index is 6.17. The smallest absolute Gasteiger partial charge is 0.125 e. The lowest BCUT2D eigenvalue weighted by Crippen LogP contribution is -2.13. The molecular formula is C12H12BrN3O. The minimum Gasteiger partial charge on any atom is -0.496 e. The van der Waals surface area contributed by atoms with E-state index >= 15 is 0 Å². The summed E-state index contributed by atoms with van der Waals surface area (Å²) < 4.78 is 6.27. The van der Waals surface area contributed by atoms with Gasteiger partial charge in [0.15, 0.2) is 0 Å². The van der Waals surface area contributed by atoms with Gasteiger partial charge in [-0.1, -0.05) is 22.0 Å². The molecule has 0 spiro atoms. The Morgan fingerprint density at radius 3 is 2.65 bits per heavy atom. The van der Waals surface area contributed by atoms with Gasteiger partial charge in [0.1, 0.15) is 12.1 Å². The highest BCUT2D eigenvalue weighted by molar-refractivity contribution is 9.10. The van der Waals surface area contributed by atoms with Crippen LogP contribution in [0.5, 0.6) is 5.75 Å². The van der Waals surface area contributed by atoms with E-state index in [2.05, 4.69) is 25.9 Å². The van der Waals surface area contributed by atoms with Crippen LogP contribution in [-0.2, 0) is 0 Å². The zero-order chi connectivity index (χ0) is 12.3. The molecule has 88 valence electrons. The van der Waals surface area contributed by atoms with E-state index in [1.165, 1.54) is 6.33 Å². The minimum atomic E-state index is -0.292. The van der Waals surface area contributed by atoms with Gasteiger partial charge in [-0.05, 0) is 12.1 Å². The normalized spacial score (nSPS) is 12.2. The Bertz CT molecular complexity index is 504. The van der Waals surface area contributed by atoms with Crippen LogP contribution in [0.3, 0.4) is 0 Å². The fraction of sp³-hybridized carbons (Fsp3) is 0.167. The molecule has 1 aromatic carbocycles. The summed E-state index contributed by atoms with van der Waals surface area (Å²) in [4.78, 5) is 7.93. The van der Waals surface area contributed by atoms with E-state index in [1.807, 2.05) is 18.2 Å². The van der Waals surface area contributed by atoms with Crippen LogP contribution in [0.4, 0.5) is 0 Å². The van der Waals surface area contributed by atoms with Gasteiger partial charge in [-0.25, -0.2) is 9.97 Å². The molecule has 17 heavy (non-hydrogen) atoms. The van der Waals surface area contributed by atoms with Crippen LogP contribution in [0, 0.1) is 0 Å². The van der Waals surface area contributed by atoms with Crippen molar-refractivity contribution in [2.24, 2.45) is 5.73 Å². The molecule has 0 aliphatic carbocycles. The van der Waals surface area contributed by atoms with Gasteiger partial charge >= 0.3 is 0 Å². The van der Waals surface area contributed by atoms with Gasteiger partial charge in [0.25, 0.3) is 0 Å². The average Bonchev–Trinajstić information content (AvgIpc) is 2.39. The van der Waals surface area contributed by atoms with E-state index in [0.29, 0.717) is 0 Å². The molecule has 1 unspecified atom stereocenters. The zero-order valence-corrected chi connectivity index (χ0v) is 10.9. The molecule has 0 saturated heterocycles. The van der Waals surface area contributed by atoms with Gasteiger partial charge in [0.05, 0.1) is 13.2 Å². The van der Waals surface area contributed by atoms with Crippen molar-refractivity contribution in [2.45, 2.75) is 6.04 Å². The van der Waals surface area contributed by atoms with Crippen LogP contribution in [-0.4, -0.2) is 17.1 Å². The summed E-state index contributed by atoms with van der Waals surface area (Å²) in [5, 5.41) is 0. The first-order valence-corrected chi connectivity index (χ1v) is 5.85. The van der Waals surface area contributed by atoms with Crippen molar-refractivity contribution in [3.05, 3.63) is 52.5 Å². The van der Waals surface area contributed by atoms with Crippen LogP contribution in [0.1, 0.15) is 17.2 Å². The van der Waals surface area contributed by atoms with Crippen LogP contribution in [0.25, 0.3) is 0 Å². The zero-order valence-electron chi connectivity index (χ0n) is 9.30. The molecule has 5 heteroatoms. The lowest BCUT2D eigenvalue weighted by Gasteiger charge is -2.15. The van der Waals surface area contributed by atoms with Gasteiger partial charge in [-0.2, -0.15) is 0 Å². The highest BCUT2D eigenvalue weighted by Gasteiger charge is 2.14. The second kappa shape index (κ2) is 5.25. The van der Waals surface area contributed by atoms with Crippen molar-refractivity contribution in [2.75, 3.05) is 7.11 Å². The first kappa shape index (κ1) is 12.0. The Labute approximate surface area is 108 Å². The van der Waals surface area contributed by atoms with Gasteiger partial charge in [0.2, 0.25) is 0 Å². The minimum absolute atomic E-state index is 0.292. The third-order valence-corrected chi connectivity index (χ3v) is 2.96. The molecule has 0 aliphatic heterocycles. The van der Waals surface area contributed by atoms with Gasteiger partial charge < -0.3 is 10.5 Å². The molecule has 0 radical (unpaired) electrons. The summed E-state index contributed by atoms with van der Waals surface area (Å²) in [5.74, 6) is 0.746. The second-order valence-electron chi connectivity index (χ2n) is 3.54. The first-order chi connectivity index (χ1) is 8.22. The summed E-state index contributed by atoms with van der Waals surface area (Å²) in [7, 11) is 1.62. The number of nitrogens with two attached hydrogens (primary N) is 1. The molecular weight excluding hydrogens is 282 g/mol. The lowest BCUT2D eigenvalue weighted by atomic mass is 10.0. The van der Waals surface area contributed by atoms with E-state index in [9.17, 15) is 0 Å². The maximum atomic E-state index is 6.17. The third kappa shape index (κ3) is 2.62. The molecule has 2 aromatic rings. The molecule has 0 fully saturated rings. The summed E-state index contributed by atoms with van der Waals surface area (Å²) in [6, 6.07) is 5.46. The van der Waals surface area contributed by atoms with E-state index in [-0.39, 0.29) is 6.04 Å². The first-order valence-electron chi connectivity index (χ1n) is 5.06. The Morgan fingerprint density at radius 1 is 1.29 bits per heavy atom. The van der Waals surface area contributed by atoms with Crippen molar-refractivity contribution in [1.29, 1.82) is 0 Å². The average molecular weight is 294 g/mol. The van der Waals surface area contributed by atoms with E-state index in [4.69, 9.17) is 10.5 Å². The van der Waals surface area contributed by atoms with Gasteiger partial charge in [-0.3, -0.25) is 0 Å². The summed E-state index contributed by atoms with van der Waals surface area (Å²) >= 11 is 3.40. The van der Waals surface area contributed by atoms with Gasteiger partial charge in [0, 0.05) is 28.0 Å². The summed E-state index contributed by atoms with van der Waals surface area (Å²) in [6.07, 6.45) is 4.90. The number of halogens is 1. The summed E-state index contributed by atoms with van der Waals surface area (Å²) in [5.41, 5.74) is 7.93. The molecule has 0 amide bonds. The lowest BCUT2D eigenvalue weighted by molar-refractivity contribution is 0.407. The molecule has 1 heterocycles.